The number of benzene rings is 2. The topological polar surface area (TPSA) is 119 Å². The number of H-pyrrole nitrogens is 1. The Labute approximate surface area is 218 Å². The molecule has 0 saturated heterocycles. The van der Waals surface area contributed by atoms with E-state index < -0.39 is 11.7 Å². The fourth-order valence-electron chi connectivity index (χ4n) is 4.78. The van der Waals surface area contributed by atoms with Gasteiger partial charge in [0, 0.05) is 36.1 Å². The summed E-state index contributed by atoms with van der Waals surface area (Å²) in [4.78, 5) is 29.2. The third-order valence-electron chi connectivity index (χ3n) is 6.64. The minimum Gasteiger partial charge on any atom is -0.361 e. The first-order valence-electron chi connectivity index (χ1n) is 12.2. The molecule has 0 unspecified atom stereocenters. The van der Waals surface area contributed by atoms with Gasteiger partial charge in [0.1, 0.15) is 29.3 Å². The van der Waals surface area contributed by atoms with E-state index in [4.69, 9.17) is 5.41 Å². The summed E-state index contributed by atoms with van der Waals surface area (Å²) in [5, 5.41) is 13.5. The van der Waals surface area contributed by atoms with Crippen molar-refractivity contribution in [2.45, 2.75) is 39.2 Å². The zero-order valence-corrected chi connectivity index (χ0v) is 21.0. The van der Waals surface area contributed by atoms with Gasteiger partial charge in [0.15, 0.2) is 11.3 Å². The fourth-order valence-corrected chi connectivity index (χ4v) is 4.78. The Hall–Kier alpha value is -4.47. The van der Waals surface area contributed by atoms with Gasteiger partial charge >= 0.3 is 0 Å². The Bertz CT molecular complexity index is 1530. The number of carbonyl (C=O) groups excluding carboxylic acids is 1. The first kappa shape index (κ1) is 25.2. The number of allylic oxidation sites excluding steroid dienone is 1. The number of hydrogen-bond acceptors (Lipinski definition) is 6. The van der Waals surface area contributed by atoms with Gasteiger partial charge in [-0.05, 0) is 71.8 Å². The lowest BCUT2D eigenvalue weighted by molar-refractivity contribution is 0.0947. The molecule has 4 N–H and O–H groups in total. The van der Waals surface area contributed by atoms with E-state index in [-0.39, 0.29) is 23.5 Å². The van der Waals surface area contributed by atoms with Crippen molar-refractivity contribution in [1.29, 1.82) is 5.41 Å². The number of amides is 1. The van der Waals surface area contributed by atoms with Crippen LogP contribution in [0.3, 0.4) is 0 Å². The zero-order valence-electron chi connectivity index (χ0n) is 21.0. The summed E-state index contributed by atoms with van der Waals surface area (Å²) in [5.74, 6) is -0.194. The van der Waals surface area contributed by atoms with Crippen LogP contribution in [0, 0.1) is 22.5 Å². The molecule has 1 amide bonds. The van der Waals surface area contributed by atoms with Gasteiger partial charge in [0.25, 0.3) is 5.91 Å². The normalized spacial score (nSPS) is 15.2. The van der Waals surface area contributed by atoms with Crippen LogP contribution in [0.15, 0.2) is 55.0 Å². The van der Waals surface area contributed by atoms with Gasteiger partial charge in [-0.15, -0.1) is 0 Å². The van der Waals surface area contributed by atoms with Crippen LogP contribution in [0.25, 0.3) is 16.7 Å². The van der Waals surface area contributed by atoms with E-state index in [0.29, 0.717) is 39.5 Å². The number of imidazole rings is 1. The van der Waals surface area contributed by atoms with Crippen LogP contribution in [0.2, 0.25) is 0 Å². The minimum absolute atomic E-state index is 0.0452. The van der Waals surface area contributed by atoms with Gasteiger partial charge in [-0.3, -0.25) is 4.79 Å². The summed E-state index contributed by atoms with van der Waals surface area (Å²) >= 11 is 0. The highest BCUT2D eigenvalue weighted by Gasteiger charge is 2.38. The van der Waals surface area contributed by atoms with Gasteiger partial charge in [-0.25, -0.2) is 23.7 Å². The molecule has 2 heterocycles. The molecule has 5 rings (SSSR count). The Morgan fingerprint density at radius 2 is 1.89 bits per heavy atom. The number of aromatic nitrogens is 4. The molecule has 10 heteroatoms. The number of fused-ring (bicyclic) bond motifs is 1. The molecule has 0 bridgehead atoms. The highest BCUT2D eigenvalue weighted by molar-refractivity contribution is 6.08. The SMILES string of the molecule is CC1(C)CC(c2nc3ncnc(C(=O)NCc4cc(F)cc(/C(C=N)=C/Nc5ccc(F)cc5)c4)c3[nH]2)C1. The van der Waals surface area contributed by atoms with Crippen LogP contribution in [0.4, 0.5) is 14.5 Å². The lowest BCUT2D eigenvalue weighted by atomic mass is 9.64. The van der Waals surface area contributed by atoms with Crippen molar-refractivity contribution in [3.8, 4) is 0 Å². The molecule has 2 aromatic carbocycles. The number of aromatic amines is 1. The van der Waals surface area contributed by atoms with Gasteiger partial charge in [-0.1, -0.05) is 13.8 Å². The Kier molecular flexibility index (Phi) is 6.71. The average Bonchev–Trinajstić information content (AvgIpc) is 3.31. The predicted molar refractivity (Wildman–Crippen MR) is 142 cm³/mol. The van der Waals surface area contributed by atoms with Gasteiger partial charge in [0.2, 0.25) is 0 Å². The average molecular weight is 516 g/mol. The second-order valence-corrected chi connectivity index (χ2v) is 10.2. The first-order chi connectivity index (χ1) is 18.2. The predicted octanol–water partition coefficient (Wildman–Crippen LogP) is 5.57. The summed E-state index contributed by atoms with van der Waals surface area (Å²) in [7, 11) is 0. The highest BCUT2D eigenvalue weighted by Crippen LogP contribution is 2.49. The maximum Gasteiger partial charge on any atom is 0.272 e. The maximum atomic E-state index is 14.4. The van der Waals surface area contributed by atoms with Crippen molar-refractivity contribution in [3.05, 3.63) is 89.3 Å². The molecule has 0 aliphatic heterocycles. The number of anilines is 1. The molecule has 1 aliphatic carbocycles. The Balaban J connectivity index is 1.30. The quantitative estimate of drug-likeness (QED) is 0.229. The smallest absolute Gasteiger partial charge is 0.272 e. The van der Waals surface area contributed by atoms with Crippen molar-refractivity contribution in [2.24, 2.45) is 5.41 Å². The summed E-state index contributed by atoms with van der Waals surface area (Å²) in [6.07, 6.45) is 5.95. The van der Waals surface area contributed by atoms with E-state index >= 15 is 0 Å². The fraction of sp³-hybridized carbons (Fsp3) is 0.250. The molecule has 8 nitrogen and oxygen atoms in total. The van der Waals surface area contributed by atoms with Crippen LogP contribution < -0.4 is 10.6 Å². The van der Waals surface area contributed by atoms with Crippen molar-refractivity contribution in [1.82, 2.24) is 25.3 Å². The number of halogens is 2. The monoisotopic (exact) mass is 515 g/mol. The zero-order chi connectivity index (χ0) is 26.9. The summed E-state index contributed by atoms with van der Waals surface area (Å²) in [5.41, 5.74) is 3.35. The largest absolute Gasteiger partial charge is 0.361 e. The molecule has 1 fully saturated rings. The molecule has 194 valence electrons. The van der Waals surface area contributed by atoms with Crippen LogP contribution in [-0.2, 0) is 6.54 Å². The molecule has 38 heavy (non-hydrogen) atoms. The number of nitrogens with one attached hydrogen (secondary N) is 4. The Morgan fingerprint density at radius 1 is 1.13 bits per heavy atom. The van der Waals surface area contributed by atoms with Crippen LogP contribution in [0.1, 0.15) is 60.0 Å². The number of nitrogens with zero attached hydrogens (tertiary/aromatic N) is 3. The molecule has 1 saturated carbocycles. The lowest BCUT2D eigenvalue weighted by Crippen LogP contribution is -2.30. The summed E-state index contributed by atoms with van der Waals surface area (Å²) in [6, 6.07) is 10.0. The van der Waals surface area contributed by atoms with Gasteiger partial charge < -0.3 is 21.0 Å². The van der Waals surface area contributed by atoms with E-state index in [1.807, 2.05) is 0 Å². The second-order valence-electron chi connectivity index (χ2n) is 10.2. The number of hydrogen-bond donors (Lipinski definition) is 4. The van der Waals surface area contributed by atoms with Crippen molar-refractivity contribution in [3.63, 3.8) is 0 Å². The van der Waals surface area contributed by atoms with Gasteiger partial charge in [-0.2, -0.15) is 0 Å². The molecule has 2 aromatic heterocycles. The number of rotatable bonds is 8. The van der Waals surface area contributed by atoms with Crippen LogP contribution >= 0.6 is 0 Å². The standard InChI is InChI=1S/C28H27F2N7O/c1-28(2)10-18(11-28)25-36-23-24(34-15-35-26(23)37-25)27(38)33-13-16-7-17(9-21(30)8-16)19(12-31)14-32-22-5-3-20(29)4-6-22/h3-9,12,14-15,18,31-32H,10-11,13H2,1-2H3,(H,33,38)(H,34,35,36,37)/b19-14+,31-12?. The van der Waals surface area contributed by atoms with Crippen molar-refractivity contribution < 1.29 is 13.6 Å². The Morgan fingerprint density at radius 3 is 2.61 bits per heavy atom. The summed E-state index contributed by atoms with van der Waals surface area (Å²) < 4.78 is 27.6. The molecule has 0 radical (unpaired) electrons. The van der Waals surface area contributed by atoms with E-state index in [2.05, 4.69) is 44.4 Å². The third kappa shape index (κ3) is 5.44. The molecule has 1 aliphatic rings. The molecular weight excluding hydrogens is 488 g/mol. The minimum atomic E-state index is -0.507. The van der Waals surface area contributed by atoms with Gasteiger partial charge in [0.05, 0.1) is 0 Å². The second kappa shape index (κ2) is 10.1. The van der Waals surface area contributed by atoms with E-state index in [1.165, 1.54) is 36.8 Å². The van der Waals surface area contributed by atoms with E-state index in [9.17, 15) is 13.6 Å². The molecule has 0 spiro atoms. The summed E-state index contributed by atoms with van der Waals surface area (Å²) in [6.45, 7) is 4.47. The number of carbonyl (C=O) groups is 1. The highest BCUT2D eigenvalue weighted by atomic mass is 19.1. The third-order valence-corrected chi connectivity index (χ3v) is 6.64. The lowest BCUT2D eigenvalue weighted by Gasteiger charge is -2.41. The van der Waals surface area contributed by atoms with E-state index in [0.717, 1.165) is 24.9 Å². The molecule has 0 atom stereocenters. The van der Waals surface area contributed by atoms with Crippen LogP contribution in [-0.4, -0.2) is 32.1 Å². The van der Waals surface area contributed by atoms with E-state index in [1.54, 1.807) is 18.2 Å². The first-order valence-corrected chi connectivity index (χ1v) is 12.2. The maximum absolute atomic E-state index is 14.4. The molecular formula is C28H27F2N7O. The van der Waals surface area contributed by atoms with Crippen molar-refractivity contribution >= 4 is 34.5 Å². The molecule has 4 aromatic rings. The van der Waals surface area contributed by atoms with Crippen molar-refractivity contribution in [2.75, 3.05) is 5.32 Å². The van der Waals surface area contributed by atoms with Crippen LogP contribution in [0.5, 0.6) is 0 Å².